The topological polar surface area (TPSA) is 93.2 Å². The number of hydrogen-bond acceptors (Lipinski definition) is 6. The molecule has 0 saturated carbocycles. The van der Waals surface area contributed by atoms with Crippen molar-refractivity contribution in [2.75, 3.05) is 20.2 Å². The fourth-order valence-corrected chi connectivity index (χ4v) is 3.00. The van der Waals surface area contributed by atoms with Crippen molar-refractivity contribution in [3.05, 3.63) is 53.3 Å². The van der Waals surface area contributed by atoms with Crippen LogP contribution in [-0.2, 0) is 0 Å². The molecule has 1 aromatic carbocycles. The van der Waals surface area contributed by atoms with Gasteiger partial charge in [0.15, 0.2) is 5.84 Å². The smallest absolute Gasteiger partial charge is 0.251 e. The van der Waals surface area contributed by atoms with Gasteiger partial charge in [0.2, 0.25) is 0 Å². The van der Waals surface area contributed by atoms with Crippen LogP contribution in [0.25, 0.3) is 0 Å². The Kier molecular flexibility index (Phi) is 3.26. The first kappa shape index (κ1) is 14.4. The second-order valence-corrected chi connectivity index (χ2v) is 5.41. The van der Waals surface area contributed by atoms with Gasteiger partial charge in [0.05, 0.1) is 19.2 Å². The molecule has 2 aliphatic heterocycles. The molecular weight excluding hydrogens is 306 g/mol. The number of carbonyl (C=O) groups is 1. The van der Waals surface area contributed by atoms with E-state index in [1.165, 1.54) is 0 Å². The molecule has 0 fully saturated rings. The van der Waals surface area contributed by atoms with Crippen LogP contribution in [0, 0.1) is 0 Å². The van der Waals surface area contributed by atoms with E-state index in [-0.39, 0.29) is 0 Å². The lowest BCUT2D eigenvalue weighted by Gasteiger charge is -2.28. The molecule has 1 amide bonds. The van der Waals surface area contributed by atoms with Crippen LogP contribution in [-0.4, -0.2) is 47.7 Å². The predicted molar refractivity (Wildman–Crippen MR) is 90.1 cm³/mol. The van der Waals surface area contributed by atoms with Crippen molar-refractivity contribution in [3.63, 3.8) is 0 Å². The molecule has 0 radical (unpaired) electrons. The number of amides is 1. The summed E-state index contributed by atoms with van der Waals surface area (Å²) in [5, 5.41) is 0. The van der Waals surface area contributed by atoms with Crippen LogP contribution in [0.4, 0.5) is 5.69 Å². The molecule has 2 aliphatic rings. The number of aromatic nitrogens is 1. The van der Waals surface area contributed by atoms with Crippen molar-refractivity contribution >= 4 is 23.3 Å². The van der Waals surface area contributed by atoms with Crippen molar-refractivity contribution in [3.8, 4) is 5.75 Å². The molecule has 7 heteroatoms. The quantitative estimate of drug-likeness (QED) is 0.923. The number of methoxy groups -OCH3 is 1. The number of nitrogens with two attached hydrogens (primary N) is 1. The Labute approximate surface area is 138 Å². The molecule has 0 saturated heterocycles. The van der Waals surface area contributed by atoms with E-state index >= 15 is 0 Å². The zero-order valence-corrected chi connectivity index (χ0v) is 13.1. The number of nitrogens with zero attached hydrogens (tertiary/aromatic N) is 4. The van der Waals surface area contributed by atoms with Crippen LogP contribution in [0.1, 0.15) is 21.6 Å². The number of para-hydroxylation sites is 1. The maximum atomic E-state index is 11.8. The third kappa shape index (κ3) is 2.05. The third-order valence-electron chi connectivity index (χ3n) is 4.06. The molecule has 2 N–H and O–H groups in total. The molecule has 120 valence electrons. The number of aliphatic imine (C=N–C) groups is 2. The molecule has 0 aliphatic carbocycles. The number of rotatable bonds is 3. The van der Waals surface area contributed by atoms with Crippen molar-refractivity contribution in [1.82, 2.24) is 9.88 Å². The average molecular weight is 321 g/mol. The number of hydrogen-bond donors (Lipinski definition) is 1. The van der Waals surface area contributed by atoms with Crippen LogP contribution >= 0.6 is 0 Å². The number of ether oxygens (including phenoxy) is 1. The van der Waals surface area contributed by atoms with E-state index in [0.29, 0.717) is 41.6 Å². The van der Waals surface area contributed by atoms with Gasteiger partial charge in [-0.15, -0.1) is 0 Å². The van der Waals surface area contributed by atoms with Crippen LogP contribution in [0.15, 0.2) is 46.5 Å². The van der Waals surface area contributed by atoms with Crippen LogP contribution in [0.5, 0.6) is 5.75 Å². The normalized spacial score (nSPS) is 15.3. The number of pyridine rings is 1. The fraction of sp³-hybridized carbons (Fsp3) is 0.176. The number of benzene rings is 1. The first-order chi connectivity index (χ1) is 11.7. The molecule has 0 unspecified atom stereocenters. The van der Waals surface area contributed by atoms with Crippen LogP contribution < -0.4 is 10.5 Å². The van der Waals surface area contributed by atoms with Crippen molar-refractivity contribution in [2.45, 2.75) is 0 Å². The molecule has 0 bridgehead atoms. The third-order valence-corrected chi connectivity index (χ3v) is 4.06. The van der Waals surface area contributed by atoms with Gasteiger partial charge < -0.3 is 15.4 Å². The molecule has 7 nitrogen and oxygen atoms in total. The molecule has 24 heavy (non-hydrogen) atoms. The summed E-state index contributed by atoms with van der Waals surface area (Å²) in [6.07, 6.45) is 1.62. The van der Waals surface area contributed by atoms with E-state index in [9.17, 15) is 4.79 Å². The Balaban J connectivity index is 1.98. The molecule has 3 heterocycles. The summed E-state index contributed by atoms with van der Waals surface area (Å²) in [6, 6.07) is 9.05. The van der Waals surface area contributed by atoms with Crippen LogP contribution in [0.2, 0.25) is 0 Å². The van der Waals surface area contributed by atoms with Gasteiger partial charge in [0, 0.05) is 18.3 Å². The predicted octanol–water partition coefficient (Wildman–Crippen LogP) is 1.34. The molecule has 0 spiro atoms. The summed E-state index contributed by atoms with van der Waals surface area (Å²) < 4.78 is 5.43. The van der Waals surface area contributed by atoms with Gasteiger partial charge in [0.1, 0.15) is 23.0 Å². The highest BCUT2D eigenvalue weighted by Crippen LogP contribution is 2.37. The fourth-order valence-electron chi connectivity index (χ4n) is 3.00. The lowest BCUT2D eigenvalue weighted by atomic mass is 10.1. The first-order valence-electron chi connectivity index (χ1n) is 7.54. The summed E-state index contributed by atoms with van der Waals surface area (Å²) in [4.78, 5) is 27.4. The van der Waals surface area contributed by atoms with E-state index in [4.69, 9.17) is 15.5 Å². The number of fused-ring (bicyclic) bond motifs is 3. The monoisotopic (exact) mass is 321 g/mol. The maximum absolute atomic E-state index is 11.8. The molecule has 2 aromatic rings. The maximum Gasteiger partial charge on any atom is 0.251 e. The van der Waals surface area contributed by atoms with E-state index in [0.717, 1.165) is 11.4 Å². The average Bonchev–Trinajstić information content (AvgIpc) is 3.10. The molecule has 4 rings (SSSR count). The largest absolute Gasteiger partial charge is 0.494 e. The number of primary amides is 1. The summed E-state index contributed by atoms with van der Waals surface area (Å²) in [5.41, 5.74) is 7.89. The Hall–Kier alpha value is -3.22. The van der Waals surface area contributed by atoms with Gasteiger partial charge in [-0.1, -0.05) is 6.07 Å². The van der Waals surface area contributed by atoms with Gasteiger partial charge in [0.25, 0.3) is 5.91 Å². The van der Waals surface area contributed by atoms with Gasteiger partial charge >= 0.3 is 0 Å². The summed E-state index contributed by atoms with van der Waals surface area (Å²) in [7, 11) is 1.60. The second-order valence-electron chi connectivity index (χ2n) is 5.41. The minimum absolute atomic E-state index is 0.334. The lowest BCUT2D eigenvalue weighted by molar-refractivity contribution is 0.0999. The highest BCUT2D eigenvalue weighted by atomic mass is 16.5. The van der Waals surface area contributed by atoms with E-state index in [2.05, 4.69) is 9.98 Å². The lowest BCUT2D eigenvalue weighted by Crippen LogP contribution is -2.39. The summed E-state index contributed by atoms with van der Waals surface area (Å²) in [5.74, 6) is 1.49. The Morgan fingerprint density at radius 1 is 1.25 bits per heavy atom. The second kappa shape index (κ2) is 5.45. The highest BCUT2D eigenvalue weighted by Gasteiger charge is 2.33. The zero-order chi connectivity index (χ0) is 16.7. The van der Waals surface area contributed by atoms with E-state index < -0.39 is 5.91 Å². The van der Waals surface area contributed by atoms with Crippen molar-refractivity contribution in [1.29, 1.82) is 0 Å². The van der Waals surface area contributed by atoms with Gasteiger partial charge in [-0.25, -0.2) is 4.99 Å². The highest BCUT2D eigenvalue weighted by molar-refractivity contribution is 6.22. The van der Waals surface area contributed by atoms with Gasteiger partial charge in [-0.2, -0.15) is 0 Å². The molecule has 1 aromatic heterocycles. The van der Waals surface area contributed by atoms with Crippen molar-refractivity contribution in [2.24, 2.45) is 15.7 Å². The Morgan fingerprint density at radius 3 is 2.92 bits per heavy atom. The van der Waals surface area contributed by atoms with E-state index in [1.807, 2.05) is 23.1 Å². The SMILES string of the molecule is COc1cccc2c1N=C(c1ncccc1C(N)=O)N1CCN=C21. The number of carbonyl (C=O) groups excluding carboxylic acids is 1. The number of amidine groups is 2. The minimum Gasteiger partial charge on any atom is -0.494 e. The van der Waals surface area contributed by atoms with E-state index in [1.54, 1.807) is 25.4 Å². The first-order valence-corrected chi connectivity index (χ1v) is 7.54. The van der Waals surface area contributed by atoms with Gasteiger partial charge in [-0.3, -0.25) is 14.8 Å². The van der Waals surface area contributed by atoms with Crippen molar-refractivity contribution < 1.29 is 9.53 Å². The Morgan fingerprint density at radius 2 is 2.12 bits per heavy atom. The minimum atomic E-state index is -0.538. The van der Waals surface area contributed by atoms with Gasteiger partial charge in [-0.05, 0) is 24.3 Å². The molecular formula is C17H15N5O2. The Bertz CT molecular complexity index is 904. The molecule has 0 atom stereocenters. The standard InChI is InChI=1S/C17H15N5O2/c1-24-12-6-2-4-11-13(12)21-17(22-9-8-20-16(11)22)14-10(15(18)23)5-3-7-19-14/h2-7H,8-9H2,1H3,(H2,18,23). The summed E-state index contributed by atoms with van der Waals surface area (Å²) in [6.45, 7) is 1.34. The van der Waals surface area contributed by atoms with Crippen LogP contribution in [0.3, 0.4) is 0 Å². The summed E-state index contributed by atoms with van der Waals surface area (Å²) >= 11 is 0. The zero-order valence-electron chi connectivity index (χ0n) is 13.1.